The Hall–Kier alpha value is -3.45. The lowest BCUT2D eigenvalue weighted by molar-refractivity contribution is 0.194. The van der Waals surface area contributed by atoms with E-state index in [-0.39, 0.29) is 5.56 Å². The Morgan fingerprint density at radius 1 is 1.17 bits per heavy atom. The predicted octanol–water partition coefficient (Wildman–Crippen LogP) is 3.61. The van der Waals surface area contributed by atoms with Gasteiger partial charge in [0.2, 0.25) is 0 Å². The van der Waals surface area contributed by atoms with E-state index in [1.807, 2.05) is 50.2 Å². The standard InChI is InChI=1S/C23H25N5O2/c1-13-5-6-17(25-22-11-18(26-27-22)8-15(3)29)10-19(13)20-9-16-12-24-14(2)7-21(16)28(4)23(20)30/h5-7,9-12,15,29H,8H2,1-4H3,(H2,25,26,27). The molecule has 3 heterocycles. The van der Waals surface area contributed by atoms with Gasteiger partial charge in [0.25, 0.3) is 5.56 Å². The number of hydrogen-bond donors (Lipinski definition) is 3. The van der Waals surface area contributed by atoms with Crippen molar-refractivity contribution in [1.29, 1.82) is 0 Å². The lowest BCUT2D eigenvalue weighted by atomic mass is 9.99. The third kappa shape index (κ3) is 3.84. The maximum absolute atomic E-state index is 13.1. The highest BCUT2D eigenvalue weighted by Gasteiger charge is 2.13. The molecule has 0 aliphatic rings. The van der Waals surface area contributed by atoms with Gasteiger partial charge in [-0.15, -0.1) is 0 Å². The minimum Gasteiger partial charge on any atom is -0.393 e. The number of hydrogen-bond acceptors (Lipinski definition) is 5. The monoisotopic (exact) mass is 403 g/mol. The number of aromatic amines is 1. The fourth-order valence-corrected chi connectivity index (χ4v) is 3.64. The summed E-state index contributed by atoms with van der Waals surface area (Å²) in [7, 11) is 1.79. The zero-order chi connectivity index (χ0) is 21.4. The predicted molar refractivity (Wildman–Crippen MR) is 119 cm³/mol. The van der Waals surface area contributed by atoms with Crippen molar-refractivity contribution in [2.24, 2.45) is 7.05 Å². The molecule has 0 amide bonds. The Morgan fingerprint density at radius 2 is 1.97 bits per heavy atom. The van der Waals surface area contributed by atoms with Crippen LogP contribution in [0.25, 0.3) is 22.0 Å². The maximum atomic E-state index is 13.1. The highest BCUT2D eigenvalue weighted by molar-refractivity contribution is 5.85. The molecule has 1 unspecified atom stereocenters. The Balaban J connectivity index is 1.74. The zero-order valence-electron chi connectivity index (χ0n) is 17.5. The van der Waals surface area contributed by atoms with Crippen LogP contribution in [0.15, 0.2) is 47.4 Å². The van der Waals surface area contributed by atoms with Crippen molar-refractivity contribution < 1.29 is 5.11 Å². The van der Waals surface area contributed by atoms with Crippen LogP contribution in [0.2, 0.25) is 0 Å². The summed E-state index contributed by atoms with van der Waals surface area (Å²) in [5, 5.41) is 20.9. The highest BCUT2D eigenvalue weighted by atomic mass is 16.3. The van der Waals surface area contributed by atoms with Crippen LogP contribution in [0.3, 0.4) is 0 Å². The number of pyridine rings is 2. The quantitative estimate of drug-likeness (QED) is 0.473. The van der Waals surface area contributed by atoms with Crippen LogP contribution in [0.4, 0.5) is 11.5 Å². The van der Waals surface area contributed by atoms with E-state index in [1.165, 1.54) is 0 Å². The van der Waals surface area contributed by atoms with E-state index in [9.17, 15) is 9.90 Å². The molecular weight excluding hydrogens is 378 g/mol. The number of nitrogens with zero attached hydrogens (tertiary/aromatic N) is 3. The normalized spacial score (nSPS) is 12.3. The number of H-pyrrole nitrogens is 1. The number of aromatic nitrogens is 4. The second-order valence-electron chi connectivity index (χ2n) is 7.79. The van der Waals surface area contributed by atoms with Gasteiger partial charge in [-0.2, -0.15) is 5.10 Å². The third-order valence-corrected chi connectivity index (χ3v) is 5.19. The van der Waals surface area contributed by atoms with Gasteiger partial charge in [-0.25, -0.2) is 0 Å². The number of benzene rings is 1. The van der Waals surface area contributed by atoms with Crippen LogP contribution in [-0.2, 0) is 13.5 Å². The number of rotatable bonds is 5. The van der Waals surface area contributed by atoms with E-state index in [0.717, 1.165) is 39.1 Å². The molecule has 3 N–H and O–H groups in total. The first-order valence-electron chi connectivity index (χ1n) is 9.88. The molecule has 1 atom stereocenters. The van der Waals surface area contributed by atoms with Gasteiger partial charge in [0, 0.05) is 53.8 Å². The van der Waals surface area contributed by atoms with Crippen molar-refractivity contribution in [2.45, 2.75) is 33.3 Å². The Labute approximate surface area is 174 Å². The van der Waals surface area contributed by atoms with E-state index >= 15 is 0 Å². The first-order valence-corrected chi connectivity index (χ1v) is 9.88. The lowest BCUT2D eigenvalue weighted by Gasteiger charge is -2.13. The molecule has 0 spiro atoms. The molecule has 0 saturated heterocycles. The molecular formula is C23H25N5O2. The van der Waals surface area contributed by atoms with Gasteiger partial charge >= 0.3 is 0 Å². The highest BCUT2D eigenvalue weighted by Crippen LogP contribution is 2.28. The summed E-state index contributed by atoms with van der Waals surface area (Å²) in [6.07, 6.45) is 1.87. The van der Waals surface area contributed by atoms with Crippen molar-refractivity contribution in [2.75, 3.05) is 5.32 Å². The molecule has 0 fully saturated rings. The first-order chi connectivity index (χ1) is 14.3. The average molecular weight is 403 g/mol. The molecule has 30 heavy (non-hydrogen) atoms. The molecule has 0 aliphatic carbocycles. The van der Waals surface area contributed by atoms with Gasteiger partial charge in [-0.3, -0.25) is 14.9 Å². The van der Waals surface area contributed by atoms with Crippen molar-refractivity contribution in [1.82, 2.24) is 19.7 Å². The molecule has 0 saturated carbocycles. The van der Waals surface area contributed by atoms with Crippen molar-refractivity contribution in [3.8, 4) is 11.1 Å². The SMILES string of the molecule is Cc1cc2c(cn1)cc(-c1cc(Nc3cc(CC(C)O)[nH]n3)ccc1C)c(=O)n2C. The number of aliphatic hydroxyl groups excluding tert-OH is 1. The van der Waals surface area contributed by atoms with E-state index in [0.29, 0.717) is 17.8 Å². The summed E-state index contributed by atoms with van der Waals surface area (Å²) in [4.78, 5) is 17.5. The molecule has 4 aromatic rings. The summed E-state index contributed by atoms with van der Waals surface area (Å²) in [6.45, 7) is 5.64. The van der Waals surface area contributed by atoms with Crippen LogP contribution in [-0.4, -0.2) is 31.0 Å². The fourth-order valence-electron chi connectivity index (χ4n) is 3.64. The van der Waals surface area contributed by atoms with E-state index in [4.69, 9.17) is 0 Å². The summed E-state index contributed by atoms with van der Waals surface area (Å²) >= 11 is 0. The van der Waals surface area contributed by atoms with Gasteiger partial charge in [-0.1, -0.05) is 6.07 Å². The van der Waals surface area contributed by atoms with Crippen molar-refractivity contribution in [3.63, 3.8) is 0 Å². The molecule has 154 valence electrons. The Bertz CT molecular complexity index is 1290. The molecule has 0 radical (unpaired) electrons. The smallest absolute Gasteiger partial charge is 0.258 e. The number of aliphatic hydroxyl groups is 1. The molecule has 7 heteroatoms. The number of fused-ring (bicyclic) bond motifs is 1. The zero-order valence-corrected chi connectivity index (χ0v) is 17.5. The minimum atomic E-state index is -0.438. The van der Waals surface area contributed by atoms with Crippen molar-refractivity contribution >= 4 is 22.4 Å². The van der Waals surface area contributed by atoms with Gasteiger partial charge in [0.1, 0.15) is 0 Å². The van der Waals surface area contributed by atoms with E-state index < -0.39 is 6.10 Å². The summed E-state index contributed by atoms with van der Waals surface area (Å²) in [5.41, 5.74) is 5.88. The van der Waals surface area contributed by atoms with Gasteiger partial charge in [-0.05, 0) is 56.2 Å². The second-order valence-corrected chi connectivity index (χ2v) is 7.79. The lowest BCUT2D eigenvalue weighted by Crippen LogP contribution is -2.19. The molecule has 3 aromatic heterocycles. The summed E-state index contributed by atoms with van der Waals surface area (Å²) < 4.78 is 1.68. The Kier molecular flexibility index (Phi) is 5.13. The first kappa shape index (κ1) is 19.8. The molecule has 7 nitrogen and oxygen atoms in total. The number of nitrogens with one attached hydrogen (secondary N) is 2. The van der Waals surface area contributed by atoms with Crippen LogP contribution in [0, 0.1) is 13.8 Å². The van der Waals surface area contributed by atoms with Crippen LogP contribution in [0.5, 0.6) is 0 Å². The number of aryl methyl sites for hydroxylation is 3. The van der Waals surface area contributed by atoms with Crippen LogP contribution < -0.4 is 10.9 Å². The van der Waals surface area contributed by atoms with E-state index in [1.54, 1.807) is 24.7 Å². The Morgan fingerprint density at radius 3 is 2.73 bits per heavy atom. The van der Waals surface area contributed by atoms with Gasteiger partial charge < -0.3 is 15.0 Å². The van der Waals surface area contributed by atoms with Crippen molar-refractivity contribution in [3.05, 3.63) is 69.9 Å². The average Bonchev–Trinajstić information content (AvgIpc) is 3.13. The summed E-state index contributed by atoms with van der Waals surface area (Å²) in [6, 6.07) is 11.6. The molecule has 0 aliphatic heterocycles. The van der Waals surface area contributed by atoms with Crippen LogP contribution >= 0.6 is 0 Å². The topological polar surface area (TPSA) is 95.8 Å². The molecule has 1 aromatic carbocycles. The van der Waals surface area contributed by atoms with Crippen LogP contribution in [0.1, 0.15) is 23.9 Å². The summed E-state index contributed by atoms with van der Waals surface area (Å²) in [5.74, 6) is 0.659. The van der Waals surface area contributed by atoms with Gasteiger partial charge in [0.05, 0.1) is 11.6 Å². The largest absolute Gasteiger partial charge is 0.393 e. The third-order valence-electron chi connectivity index (χ3n) is 5.19. The van der Waals surface area contributed by atoms with Gasteiger partial charge in [0.15, 0.2) is 5.82 Å². The molecule has 4 rings (SSSR count). The minimum absolute atomic E-state index is 0.0488. The van der Waals surface area contributed by atoms with E-state index in [2.05, 4.69) is 20.5 Å². The fraction of sp³-hybridized carbons (Fsp3) is 0.261. The maximum Gasteiger partial charge on any atom is 0.258 e. The second kappa shape index (κ2) is 7.76. The molecule has 0 bridgehead atoms. The number of anilines is 2.